The van der Waals surface area contributed by atoms with Crippen molar-refractivity contribution in [3.05, 3.63) is 0 Å². The first-order valence-electron chi connectivity index (χ1n) is 5.21. The van der Waals surface area contributed by atoms with Gasteiger partial charge in [-0.3, -0.25) is 0 Å². The van der Waals surface area contributed by atoms with E-state index in [4.69, 9.17) is 0 Å². The molecule has 0 aliphatic heterocycles. The van der Waals surface area contributed by atoms with Gasteiger partial charge in [-0.1, -0.05) is 13.8 Å². The van der Waals surface area contributed by atoms with Crippen LogP contribution in [-0.2, 0) is 0 Å². The standard InChI is InChI=1S/C10H18F3NO/c1-9(2)7(6-8(9)15)14-5-3-4-10(11,12)13/h7-8,14-15H,3-6H2,1-2H3. The second kappa shape index (κ2) is 4.29. The van der Waals surface area contributed by atoms with E-state index in [1.807, 2.05) is 13.8 Å². The third kappa shape index (κ3) is 3.34. The molecule has 1 rings (SSSR count). The van der Waals surface area contributed by atoms with Crippen LogP contribution in [0.25, 0.3) is 0 Å². The lowest BCUT2D eigenvalue weighted by molar-refractivity contribution is -0.135. The first-order valence-corrected chi connectivity index (χ1v) is 5.21. The minimum absolute atomic E-state index is 0.103. The summed E-state index contributed by atoms with van der Waals surface area (Å²) in [7, 11) is 0. The van der Waals surface area contributed by atoms with Crippen LogP contribution >= 0.6 is 0 Å². The molecule has 0 aromatic carbocycles. The van der Waals surface area contributed by atoms with E-state index in [2.05, 4.69) is 5.32 Å². The molecule has 0 bridgehead atoms. The summed E-state index contributed by atoms with van der Waals surface area (Å²) in [6.45, 7) is 4.20. The van der Waals surface area contributed by atoms with Gasteiger partial charge in [0.2, 0.25) is 0 Å². The van der Waals surface area contributed by atoms with Crippen molar-refractivity contribution in [3.63, 3.8) is 0 Å². The van der Waals surface area contributed by atoms with E-state index in [0.717, 1.165) is 0 Å². The van der Waals surface area contributed by atoms with Gasteiger partial charge in [-0.05, 0) is 19.4 Å². The Morgan fingerprint density at radius 2 is 2.00 bits per heavy atom. The molecule has 1 aliphatic rings. The molecule has 0 amide bonds. The molecule has 1 saturated carbocycles. The molecule has 0 aromatic heterocycles. The first kappa shape index (κ1) is 12.8. The molecule has 1 fully saturated rings. The van der Waals surface area contributed by atoms with Crippen LogP contribution in [0.3, 0.4) is 0 Å². The van der Waals surface area contributed by atoms with Gasteiger partial charge in [0.05, 0.1) is 6.10 Å². The number of aliphatic hydroxyl groups excluding tert-OH is 1. The highest BCUT2D eigenvalue weighted by Gasteiger charge is 2.46. The molecule has 2 N–H and O–H groups in total. The third-order valence-corrected chi connectivity index (χ3v) is 3.24. The number of rotatable bonds is 4. The Kier molecular flexibility index (Phi) is 3.66. The van der Waals surface area contributed by atoms with Crippen LogP contribution in [0.4, 0.5) is 13.2 Å². The molecule has 90 valence electrons. The van der Waals surface area contributed by atoms with E-state index >= 15 is 0 Å². The topological polar surface area (TPSA) is 32.3 Å². The highest BCUT2D eigenvalue weighted by atomic mass is 19.4. The predicted molar refractivity (Wildman–Crippen MR) is 51.5 cm³/mol. The lowest BCUT2D eigenvalue weighted by Gasteiger charge is -2.49. The molecular weight excluding hydrogens is 207 g/mol. The van der Waals surface area contributed by atoms with Gasteiger partial charge in [0, 0.05) is 17.9 Å². The highest BCUT2D eigenvalue weighted by Crippen LogP contribution is 2.40. The maximum Gasteiger partial charge on any atom is 0.389 e. The maximum atomic E-state index is 11.8. The van der Waals surface area contributed by atoms with Crippen LogP contribution in [0, 0.1) is 5.41 Å². The van der Waals surface area contributed by atoms with Crippen LogP contribution < -0.4 is 5.32 Å². The molecular formula is C10H18F3NO. The zero-order valence-electron chi connectivity index (χ0n) is 9.06. The normalized spacial score (nSPS) is 30.0. The summed E-state index contributed by atoms with van der Waals surface area (Å²) in [5.41, 5.74) is -0.210. The van der Waals surface area contributed by atoms with Gasteiger partial charge in [-0.2, -0.15) is 13.2 Å². The Morgan fingerprint density at radius 3 is 2.40 bits per heavy atom. The number of nitrogens with one attached hydrogen (secondary N) is 1. The summed E-state index contributed by atoms with van der Waals surface area (Å²) in [6.07, 6.45) is -4.39. The van der Waals surface area contributed by atoms with Gasteiger partial charge < -0.3 is 10.4 Å². The Hall–Kier alpha value is -0.290. The van der Waals surface area contributed by atoms with Crippen molar-refractivity contribution < 1.29 is 18.3 Å². The molecule has 2 unspecified atom stereocenters. The van der Waals surface area contributed by atoms with E-state index in [1.165, 1.54) is 0 Å². The summed E-state index contributed by atoms with van der Waals surface area (Å²) in [6, 6.07) is 0.140. The molecule has 5 heteroatoms. The summed E-state index contributed by atoms with van der Waals surface area (Å²) >= 11 is 0. The van der Waals surface area contributed by atoms with Crippen LogP contribution in [0.15, 0.2) is 0 Å². The van der Waals surface area contributed by atoms with Crippen LogP contribution in [0.5, 0.6) is 0 Å². The van der Waals surface area contributed by atoms with Crippen LogP contribution in [-0.4, -0.2) is 30.0 Å². The SMILES string of the molecule is CC1(C)C(O)CC1NCCCC(F)(F)F. The highest BCUT2D eigenvalue weighted by molar-refractivity contribution is 5.01. The molecule has 2 atom stereocenters. The zero-order chi connectivity index (χ0) is 11.7. The molecule has 15 heavy (non-hydrogen) atoms. The smallest absolute Gasteiger partial charge is 0.389 e. The minimum Gasteiger partial charge on any atom is -0.392 e. The fraction of sp³-hybridized carbons (Fsp3) is 1.00. The molecule has 0 heterocycles. The largest absolute Gasteiger partial charge is 0.392 e. The van der Waals surface area contributed by atoms with Gasteiger partial charge in [-0.15, -0.1) is 0 Å². The monoisotopic (exact) mass is 225 g/mol. The van der Waals surface area contributed by atoms with Crippen molar-refractivity contribution in [1.29, 1.82) is 0 Å². The van der Waals surface area contributed by atoms with Crippen molar-refractivity contribution in [1.82, 2.24) is 5.32 Å². The number of alkyl halides is 3. The maximum absolute atomic E-state index is 11.8. The fourth-order valence-corrected chi connectivity index (χ4v) is 1.81. The predicted octanol–water partition coefficient (Wildman–Crippen LogP) is 2.08. The van der Waals surface area contributed by atoms with Gasteiger partial charge in [0.25, 0.3) is 0 Å². The number of halogens is 3. The average Bonchev–Trinajstić information content (AvgIpc) is 2.08. The Morgan fingerprint density at radius 1 is 1.40 bits per heavy atom. The van der Waals surface area contributed by atoms with E-state index < -0.39 is 12.6 Å². The van der Waals surface area contributed by atoms with E-state index in [1.54, 1.807) is 0 Å². The zero-order valence-corrected chi connectivity index (χ0v) is 9.06. The lowest BCUT2D eigenvalue weighted by Crippen LogP contribution is -2.60. The molecule has 0 spiro atoms. The van der Waals surface area contributed by atoms with E-state index in [-0.39, 0.29) is 24.0 Å². The Balaban J connectivity index is 2.12. The number of hydrogen-bond acceptors (Lipinski definition) is 2. The van der Waals surface area contributed by atoms with Crippen molar-refractivity contribution in [3.8, 4) is 0 Å². The number of hydrogen-bond donors (Lipinski definition) is 2. The summed E-state index contributed by atoms with van der Waals surface area (Å²) in [5, 5.41) is 12.5. The van der Waals surface area contributed by atoms with Crippen molar-refractivity contribution in [2.24, 2.45) is 5.41 Å². The molecule has 0 radical (unpaired) electrons. The number of aliphatic hydroxyl groups is 1. The first-order chi connectivity index (χ1) is 6.73. The van der Waals surface area contributed by atoms with Crippen LogP contribution in [0.1, 0.15) is 33.1 Å². The van der Waals surface area contributed by atoms with Gasteiger partial charge >= 0.3 is 6.18 Å². The van der Waals surface area contributed by atoms with E-state index in [0.29, 0.717) is 13.0 Å². The van der Waals surface area contributed by atoms with Gasteiger partial charge in [0.15, 0.2) is 0 Å². The van der Waals surface area contributed by atoms with Crippen molar-refractivity contribution >= 4 is 0 Å². The van der Waals surface area contributed by atoms with Crippen molar-refractivity contribution in [2.45, 2.75) is 51.4 Å². The van der Waals surface area contributed by atoms with Crippen LogP contribution in [0.2, 0.25) is 0 Å². The van der Waals surface area contributed by atoms with Gasteiger partial charge in [-0.25, -0.2) is 0 Å². The van der Waals surface area contributed by atoms with E-state index in [9.17, 15) is 18.3 Å². The minimum atomic E-state index is -4.06. The molecule has 1 aliphatic carbocycles. The summed E-state index contributed by atoms with van der Waals surface area (Å²) in [5.74, 6) is 0. The third-order valence-electron chi connectivity index (χ3n) is 3.24. The molecule has 0 aromatic rings. The van der Waals surface area contributed by atoms with Gasteiger partial charge in [0.1, 0.15) is 0 Å². The summed E-state index contributed by atoms with van der Waals surface area (Å²) in [4.78, 5) is 0. The molecule has 0 saturated heterocycles. The summed E-state index contributed by atoms with van der Waals surface area (Å²) < 4.78 is 35.5. The average molecular weight is 225 g/mol. The van der Waals surface area contributed by atoms with Crippen molar-refractivity contribution in [2.75, 3.05) is 6.54 Å². The second-order valence-electron chi connectivity index (χ2n) is 4.80. The fourth-order valence-electron chi connectivity index (χ4n) is 1.81. The second-order valence-corrected chi connectivity index (χ2v) is 4.80. The lowest BCUT2D eigenvalue weighted by atomic mass is 9.64. The molecule has 2 nitrogen and oxygen atoms in total. The Bertz CT molecular complexity index is 215. The Labute approximate surface area is 87.9 Å². The quantitative estimate of drug-likeness (QED) is 0.718.